The Morgan fingerprint density at radius 3 is 2.41 bits per heavy atom. The summed E-state index contributed by atoms with van der Waals surface area (Å²) >= 11 is 0. The first-order valence-corrected chi connectivity index (χ1v) is 11.6. The van der Waals surface area contributed by atoms with Gasteiger partial charge < -0.3 is 9.13 Å². The summed E-state index contributed by atoms with van der Waals surface area (Å²) in [6.07, 6.45) is 7.85. The Hall–Kier alpha value is -3.21. The minimum absolute atomic E-state index is 0.0399. The number of fused-ring (bicyclic) bond motifs is 2. The van der Waals surface area contributed by atoms with E-state index in [2.05, 4.69) is 31.0 Å². The van der Waals surface area contributed by atoms with E-state index in [1.54, 1.807) is 16.8 Å². The van der Waals surface area contributed by atoms with Crippen LogP contribution in [-0.2, 0) is 13.0 Å². The van der Waals surface area contributed by atoms with Gasteiger partial charge in [-0.2, -0.15) is 0 Å². The Labute approximate surface area is 187 Å². The van der Waals surface area contributed by atoms with Crippen LogP contribution in [0.3, 0.4) is 0 Å². The van der Waals surface area contributed by atoms with Gasteiger partial charge in [0.15, 0.2) is 0 Å². The number of benzene rings is 1. The highest BCUT2D eigenvalue weighted by molar-refractivity contribution is 5.91. The minimum Gasteiger partial charge on any atom is -0.315 e. The van der Waals surface area contributed by atoms with Crippen molar-refractivity contribution < 1.29 is 0 Å². The first kappa shape index (κ1) is 20.7. The summed E-state index contributed by atoms with van der Waals surface area (Å²) in [6.45, 7) is 5.11. The van der Waals surface area contributed by atoms with Crippen LogP contribution in [0.4, 0.5) is 0 Å². The summed E-state index contributed by atoms with van der Waals surface area (Å²) < 4.78 is 3.60. The van der Waals surface area contributed by atoms with E-state index in [1.807, 2.05) is 41.1 Å². The molecule has 3 heterocycles. The Kier molecular flexibility index (Phi) is 5.41. The Balaban J connectivity index is 1.56. The summed E-state index contributed by atoms with van der Waals surface area (Å²) in [4.78, 5) is 31.3. The molecule has 0 spiro atoms. The third-order valence-electron chi connectivity index (χ3n) is 7.35. The van der Waals surface area contributed by atoms with Crippen molar-refractivity contribution in [2.45, 2.75) is 52.1 Å². The van der Waals surface area contributed by atoms with Gasteiger partial charge in [-0.1, -0.05) is 57.0 Å². The second-order valence-corrected chi connectivity index (χ2v) is 9.27. The molecule has 5 heteroatoms. The van der Waals surface area contributed by atoms with Gasteiger partial charge in [-0.05, 0) is 48.4 Å². The van der Waals surface area contributed by atoms with E-state index in [9.17, 15) is 9.59 Å². The molecule has 1 saturated carbocycles. The van der Waals surface area contributed by atoms with Crippen LogP contribution < -0.4 is 11.1 Å². The van der Waals surface area contributed by atoms with Gasteiger partial charge in [0.2, 0.25) is 0 Å². The lowest BCUT2D eigenvalue weighted by atomic mass is 9.78. The van der Waals surface area contributed by atoms with E-state index in [0.717, 1.165) is 19.3 Å². The molecule has 0 N–H and O–H groups in total. The molecule has 32 heavy (non-hydrogen) atoms. The minimum atomic E-state index is -0.0951. The Bertz CT molecular complexity index is 1390. The molecule has 0 amide bonds. The SMILES string of the molecule is C[C@@H]1[C@H](C)CCC[C@@H]1n1ccc2nc3ccn(CCc4ccccc4)c(=O)c3cc2c1=O. The van der Waals surface area contributed by atoms with Crippen molar-refractivity contribution in [2.75, 3.05) is 0 Å². The molecule has 1 fully saturated rings. The van der Waals surface area contributed by atoms with E-state index in [1.165, 1.54) is 12.0 Å². The molecule has 0 saturated heterocycles. The predicted molar refractivity (Wildman–Crippen MR) is 129 cm³/mol. The van der Waals surface area contributed by atoms with E-state index < -0.39 is 0 Å². The summed E-state index contributed by atoms with van der Waals surface area (Å²) in [7, 11) is 0. The maximum Gasteiger partial charge on any atom is 0.260 e. The molecule has 4 aromatic rings. The molecular formula is C27H29N3O2. The molecule has 0 bridgehead atoms. The van der Waals surface area contributed by atoms with E-state index in [4.69, 9.17) is 0 Å². The number of nitrogens with zero attached hydrogens (tertiary/aromatic N) is 3. The first-order valence-electron chi connectivity index (χ1n) is 11.6. The zero-order valence-electron chi connectivity index (χ0n) is 18.7. The molecule has 1 aliphatic rings. The lowest BCUT2D eigenvalue weighted by molar-refractivity contribution is 0.183. The number of hydrogen-bond acceptors (Lipinski definition) is 3. The van der Waals surface area contributed by atoms with Gasteiger partial charge in [0.25, 0.3) is 11.1 Å². The monoisotopic (exact) mass is 427 g/mol. The van der Waals surface area contributed by atoms with Gasteiger partial charge in [-0.25, -0.2) is 4.98 Å². The fourth-order valence-corrected chi connectivity index (χ4v) is 5.16. The van der Waals surface area contributed by atoms with Gasteiger partial charge in [-0.15, -0.1) is 0 Å². The second kappa shape index (κ2) is 8.38. The van der Waals surface area contributed by atoms with E-state index in [-0.39, 0.29) is 17.2 Å². The van der Waals surface area contributed by atoms with E-state index >= 15 is 0 Å². The maximum absolute atomic E-state index is 13.4. The standard InChI is InChI=1S/C27H29N3O2/c1-18-7-6-10-25(19(18)2)30-16-13-24-22(27(30)32)17-21-23(28-24)12-15-29(26(21)31)14-11-20-8-4-3-5-9-20/h3-5,8-9,12-13,15-19,25H,6-7,10-11,14H2,1-2H3/t18-,19-,25+/m1/s1. The van der Waals surface area contributed by atoms with Crippen LogP contribution >= 0.6 is 0 Å². The molecule has 164 valence electrons. The van der Waals surface area contributed by atoms with Crippen molar-refractivity contribution in [1.82, 2.24) is 14.1 Å². The van der Waals surface area contributed by atoms with Crippen molar-refractivity contribution in [1.29, 1.82) is 0 Å². The lowest BCUT2D eigenvalue weighted by Crippen LogP contribution is -2.33. The fourth-order valence-electron chi connectivity index (χ4n) is 5.16. The van der Waals surface area contributed by atoms with Crippen LogP contribution in [0.1, 0.15) is 44.7 Å². The lowest BCUT2D eigenvalue weighted by Gasteiger charge is -2.35. The van der Waals surface area contributed by atoms with Crippen molar-refractivity contribution in [2.24, 2.45) is 11.8 Å². The molecule has 0 radical (unpaired) electrons. The van der Waals surface area contributed by atoms with Gasteiger partial charge in [-0.3, -0.25) is 9.59 Å². The summed E-state index contributed by atoms with van der Waals surface area (Å²) in [5.74, 6) is 1.05. The quantitative estimate of drug-likeness (QED) is 0.433. The van der Waals surface area contributed by atoms with Gasteiger partial charge in [0.05, 0.1) is 21.8 Å². The number of hydrogen-bond donors (Lipinski definition) is 0. The van der Waals surface area contributed by atoms with E-state index in [0.29, 0.717) is 40.2 Å². The molecule has 3 atom stereocenters. The normalized spacial score (nSPS) is 21.2. The molecule has 0 aliphatic heterocycles. The van der Waals surface area contributed by atoms with Crippen molar-refractivity contribution >= 4 is 21.8 Å². The summed E-state index contributed by atoms with van der Waals surface area (Å²) in [6, 6.07) is 15.9. The van der Waals surface area contributed by atoms with Gasteiger partial charge >= 0.3 is 0 Å². The van der Waals surface area contributed by atoms with Crippen LogP contribution in [0, 0.1) is 11.8 Å². The smallest absolute Gasteiger partial charge is 0.260 e. The Morgan fingerprint density at radius 1 is 0.906 bits per heavy atom. The molecular weight excluding hydrogens is 398 g/mol. The highest BCUT2D eigenvalue weighted by Crippen LogP contribution is 2.37. The zero-order chi connectivity index (χ0) is 22.2. The van der Waals surface area contributed by atoms with Crippen molar-refractivity contribution in [3.8, 4) is 0 Å². The van der Waals surface area contributed by atoms with Crippen LogP contribution in [0.25, 0.3) is 21.8 Å². The molecule has 3 aromatic heterocycles. The van der Waals surface area contributed by atoms with Gasteiger partial charge in [0, 0.05) is 25.0 Å². The van der Waals surface area contributed by atoms with Gasteiger partial charge in [0.1, 0.15) is 0 Å². The van der Waals surface area contributed by atoms with Crippen molar-refractivity contribution in [3.63, 3.8) is 0 Å². The molecule has 5 nitrogen and oxygen atoms in total. The van der Waals surface area contributed by atoms with Crippen LogP contribution in [0.15, 0.2) is 70.5 Å². The zero-order valence-corrected chi connectivity index (χ0v) is 18.7. The van der Waals surface area contributed by atoms with Crippen LogP contribution in [0.2, 0.25) is 0 Å². The van der Waals surface area contributed by atoms with Crippen molar-refractivity contribution in [3.05, 3.63) is 87.2 Å². The fraction of sp³-hybridized carbons (Fsp3) is 0.370. The number of pyridine rings is 3. The van der Waals surface area contributed by atoms with Crippen LogP contribution in [0.5, 0.6) is 0 Å². The highest BCUT2D eigenvalue weighted by Gasteiger charge is 2.29. The molecule has 0 unspecified atom stereocenters. The number of aryl methyl sites for hydroxylation is 2. The highest BCUT2D eigenvalue weighted by atomic mass is 16.1. The average Bonchev–Trinajstić information content (AvgIpc) is 2.81. The maximum atomic E-state index is 13.4. The topological polar surface area (TPSA) is 56.9 Å². The molecule has 1 aliphatic carbocycles. The molecule has 5 rings (SSSR count). The summed E-state index contributed by atoms with van der Waals surface area (Å²) in [5.41, 5.74) is 2.34. The second-order valence-electron chi connectivity index (χ2n) is 9.27. The molecule has 1 aromatic carbocycles. The average molecular weight is 428 g/mol. The van der Waals surface area contributed by atoms with Crippen LogP contribution in [-0.4, -0.2) is 14.1 Å². The Morgan fingerprint density at radius 2 is 1.62 bits per heavy atom. The predicted octanol–water partition coefficient (Wildman–Crippen LogP) is 4.95. The number of aromatic nitrogens is 3. The number of rotatable bonds is 4. The first-order chi connectivity index (χ1) is 15.5. The third-order valence-corrected chi connectivity index (χ3v) is 7.35. The largest absolute Gasteiger partial charge is 0.315 e. The third kappa shape index (κ3) is 3.66. The summed E-state index contributed by atoms with van der Waals surface area (Å²) in [5, 5.41) is 1.04.